The van der Waals surface area contributed by atoms with Crippen molar-refractivity contribution in [2.24, 2.45) is 0 Å². The third-order valence-electron chi connectivity index (χ3n) is 2.92. The second-order valence-corrected chi connectivity index (χ2v) is 4.29. The molecule has 19 heavy (non-hydrogen) atoms. The summed E-state index contributed by atoms with van der Waals surface area (Å²) in [5.41, 5.74) is 0. The van der Waals surface area contributed by atoms with Gasteiger partial charge in [0.2, 0.25) is 0 Å². The molecule has 106 valence electrons. The molecule has 0 spiro atoms. The van der Waals surface area contributed by atoms with Crippen molar-refractivity contribution < 1.29 is 14.3 Å². The lowest BCUT2D eigenvalue weighted by Gasteiger charge is -2.20. The van der Waals surface area contributed by atoms with E-state index in [1.165, 1.54) is 0 Å². The zero-order valence-corrected chi connectivity index (χ0v) is 12.0. The van der Waals surface area contributed by atoms with Crippen molar-refractivity contribution in [2.75, 3.05) is 26.8 Å². The van der Waals surface area contributed by atoms with E-state index in [1.54, 1.807) is 13.2 Å². The zero-order valence-electron chi connectivity index (χ0n) is 12.0. The van der Waals surface area contributed by atoms with Gasteiger partial charge in [-0.05, 0) is 25.5 Å². The summed E-state index contributed by atoms with van der Waals surface area (Å²) in [4.78, 5) is 13.8. The van der Waals surface area contributed by atoms with Crippen molar-refractivity contribution in [3.8, 4) is 11.5 Å². The van der Waals surface area contributed by atoms with Crippen LogP contribution < -0.4 is 9.47 Å². The molecule has 4 nitrogen and oxygen atoms in total. The lowest BCUT2D eigenvalue weighted by molar-refractivity contribution is -0.133. The maximum absolute atomic E-state index is 12.0. The van der Waals surface area contributed by atoms with Gasteiger partial charge < -0.3 is 14.4 Å². The molecule has 0 atom stereocenters. The molecule has 1 amide bonds. The van der Waals surface area contributed by atoms with E-state index in [-0.39, 0.29) is 12.5 Å². The Labute approximate surface area is 115 Å². The molecule has 0 radical (unpaired) electrons. The van der Waals surface area contributed by atoms with Crippen molar-refractivity contribution in [1.82, 2.24) is 4.90 Å². The highest BCUT2D eigenvalue weighted by Crippen LogP contribution is 2.18. The van der Waals surface area contributed by atoms with Gasteiger partial charge in [0, 0.05) is 19.2 Å². The van der Waals surface area contributed by atoms with E-state index < -0.39 is 0 Å². The molecule has 4 heteroatoms. The van der Waals surface area contributed by atoms with E-state index in [0.29, 0.717) is 5.75 Å². The number of ether oxygens (including phenoxy) is 2. The second-order valence-electron chi connectivity index (χ2n) is 4.29. The van der Waals surface area contributed by atoms with Crippen molar-refractivity contribution >= 4 is 5.91 Å². The maximum Gasteiger partial charge on any atom is 0.260 e. The number of nitrogens with zero attached hydrogens (tertiary/aromatic N) is 1. The average molecular weight is 265 g/mol. The van der Waals surface area contributed by atoms with Crippen LogP contribution in [-0.4, -0.2) is 37.6 Å². The van der Waals surface area contributed by atoms with Crippen LogP contribution in [0, 0.1) is 0 Å². The first-order chi connectivity index (χ1) is 9.21. The fourth-order valence-electron chi connectivity index (χ4n) is 1.74. The highest BCUT2D eigenvalue weighted by atomic mass is 16.5. The number of methoxy groups -OCH3 is 1. The van der Waals surface area contributed by atoms with Crippen LogP contribution in [0.1, 0.15) is 26.7 Å². The Morgan fingerprint density at radius 3 is 2.63 bits per heavy atom. The molecule has 0 bridgehead atoms. The summed E-state index contributed by atoms with van der Waals surface area (Å²) in [7, 11) is 1.60. The van der Waals surface area contributed by atoms with Crippen LogP contribution in [0.5, 0.6) is 11.5 Å². The molecular formula is C15H23NO3. The maximum atomic E-state index is 12.0. The minimum atomic E-state index is 0.0266. The van der Waals surface area contributed by atoms with Gasteiger partial charge in [-0.15, -0.1) is 0 Å². The molecule has 0 saturated carbocycles. The van der Waals surface area contributed by atoms with E-state index in [2.05, 4.69) is 6.92 Å². The Hall–Kier alpha value is -1.71. The van der Waals surface area contributed by atoms with Gasteiger partial charge in [-0.1, -0.05) is 19.4 Å². The predicted molar refractivity (Wildman–Crippen MR) is 75.7 cm³/mol. The Bertz CT molecular complexity index is 393. The number of benzene rings is 1. The van der Waals surface area contributed by atoms with Crippen LogP contribution in [-0.2, 0) is 4.79 Å². The van der Waals surface area contributed by atoms with Crippen LogP contribution in [0.15, 0.2) is 24.3 Å². The first kappa shape index (κ1) is 15.3. The van der Waals surface area contributed by atoms with Gasteiger partial charge in [0.05, 0.1) is 7.11 Å². The van der Waals surface area contributed by atoms with Crippen molar-refractivity contribution in [2.45, 2.75) is 26.7 Å². The molecule has 0 aliphatic rings. The number of hydrogen-bond donors (Lipinski definition) is 0. The number of carbonyl (C=O) groups is 1. The highest BCUT2D eigenvalue weighted by Gasteiger charge is 2.11. The Balaban J connectivity index is 2.47. The predicted octanol–water partition coefficient (Wildman–Crippen LogP) is 2.72. The molecule has 1 rings (SSSR count). The molecule has 1 aromatic carbocycles. The SMILES string of the molecule is CCCCN(CC)C(=O)COc1cccc(OC)c1. The number of unbranched alkanes of at least 4 members (excludes halogenated alkanes) is 1. The molecule has 0 saturated heterocycles. The minimum absolute atomic E-state index is 0.0266. The van der Waals surface area contributed by atoms with Crippen LogP contribution in [0.25, 0.3) is 0 Å². The standard InChI is InChI=1S/C15H23NO3/c1-4-6-10-16(5-2)15(17)12-19-14-9-7-8-13(11-14)18-3/h7-9,11H,4-6,10,12H2,1-3H3. The van der Waals surface area contributed by atoms with E-state index in [0.717, 1.165) is 31.7 Å². The van der Waals surface area contributed by atoms with Crippen LogP contribution in [0.4, 0.5) is 0 Å². The molecule has 0 aliphatic carbocycles. The van der Waals surface area contributed by atoms with Crippen molar-refractivity contribution in [3.63, 3.8) is 0 Å². The van der Waals surface area contributed by atoms with Gasteiger partial charge in [0.1, 0.15) is 11.5 Å². The summed E-state index contributed by atoms with van der Waals surface area (Å²) in [6.45, 7) is 5.70. The molecule has 0 aliphatic heterocycles. The summed E-state index contributed by atoms with van der Waals surface area (Å²) in [6.07, 6.45) is 2.11. The van der Waals surface area contributed by atoms with Gasteiger partial charge in [0.15, 0.2) is 6.61 Å². The molecular weight excluding hydrogens is 242 g/mol. The Morgan fingerprint density at radius 2 is 2.00 bits per heavy atom. The van der Waals surface area contributed by atoms with Gasteiger partial charge in [-0.3, -0.25) is 4.79 Å². The highest BCUT2D eigenvalue weighted by molar-refractivity contribution is 5.77. The number of rotatable bonds is 8. The lowest BCUT2D eigenvalue weighted by Crippen LogP contribution is -2.35. The van der Waals surface area contributed by atoms with E-state index in [1.807, 2.05) is 30.0 Å². The molecule has 0 N–H and O–H groups in total. The summed E-state index contributed by atoms with van der Waals surface area (Å²) >= 11 is 0. The Morgan fingerprint density at radius 1 is 1.26 bits per heavy atom. The third-order valence-corrected chi connectivity index (χ3v) is 2.92. The molecule has 0 aromatic heterocycles. The number of hydrogen-bond acceptors (Lipinski definition) is 3. The normalized spacial score (nSPS) is 10.1. The Kier molecular flexibility index (Phi) is 6.79. The lowest BCUT2D eigenvalue weighted by atomic mass is 10.3. The molecule has 0 heterocycles. The first-order valence-corrected chi connectivity index (χ1v) is 6.75. The van der Waals surface area contributed by atoms with E-state index in [4.69, 9.17) is 9.47 Å². The quantitative estimate of drug-likeness (QED) is 0.725. The zero-order chi connectivity index (χ0) is 14.1. The van der Waals surface area contributed by atoms with Gasteiger partial charge >= 0.3 is 0 Å². The fraction of sp³-hybridized carbons (Fsp3) is 0.533. The van der Waals surface area contributed by atoms with Gasteiger partial charge in [-0.25, -0.2) is 0 Å². The summed E-state index contributed by atoms with van der Waals surface area (Å²) in [5.74, 6) is 1.40. The van der Waals surface area contributed by atoms with Gasteiger partial charge in [-0.2, -0.15) is 0 Å². The largest absolute Gasteiger partial charge is 0.497 e. The molecule has 1 aromatic rings. The average Bonchev–Trinajstić information content (AvgIpc) is 2.46. The van der Waals surface area contributed by atoms with Crippen molar-refractivity contribution in [3.05, 3.63) is 24.3 Å². The van der Waals surface area contributed by atoms with Crippen LogP contribution in [0.2, 0.25) is 0 Å². The van der Waals surface area contributed by atoms with E-state index in [9.17, 15) is 4.79 Å². The van der Waals surface area contributed by atoms with Crippen molar-refractivity contribution in [1.29, 1.82) is 0 Å². The topological polar surface area (TPSA) is 38.8 Å². The molecule has 0 unspecified atom stereocenters. The number of amides is 1. The summed E-state index contributed by atoms with van der Waals surface area (Å²) < 4.78 is 10.6. The van der Waals surface area contributed by atoms with E-state index >= 15 is 0 Å². The van der Waals surface area contributed by atoms with Gasteiger partial charge in [0.25, 0.3) is 5.91 Å². The number of carbonyl (C=O) groups excluding carboxylic acids is 1. The second kappa shape index (κ2) is 8.40. The summed E-state index contributed by atoms with van der Waals surface area (Å²) in [5, 5.41) is 0. The monoisotopic (exact) mass is 265 g/mol. The third kappa shape index (κ3) is 5.20. The molecule has 0 fully saturated rings. The summed E-state index contributed by atoms with van der Waals surface area (Å²) in [6, 6.07) is 7.27. The smallest absolute Gasteiger partial charge is 0.260 e. The van der Waals surface area contributed by atoms with Crippen LogP contribution in [0.3, 0.4) is 0 Å². The minimum Gasteiger partial charge on any atom is -0.497 e. The fourth-order valence-corrected chi connectivity index (χ4v) is 1.74. The van der Waals surface area contributed by atoms with Crippen LogP contribution >= 0.6 is 0 Å². The first-order valence-electron chi connectivity index (χ1n) is 6.75. The number of likely N-dealkylation sites (N-methyl/N-ethyl adjacent to an activating group) is 1.